The molecule has 0 saturated heterocycles. The van der Waals surface area contributed by atoms with Crippen LogP contribution in [0.1, 0.15) is 30.9 Å². The molecule has 0 aliphatic rings. The largest absolute Gasteiger partial charge is 0.355 e. The van der Waals surface area contributed by atoms with Gasteiger partial charge < -0.3 is 5.32 Å². The van der Waals surface area contributed by atoms with E-state index >= 15 is 0 Å². The summed E-state index contributed by atoms with van der Waals surface area (Å²) in [5.41, 5.74) is 3.06. The molecular weight excluding hydrogens is 272 g/mol. The molecule has 2 aromatic heterocycles. The lowest BCUT2D eigenvalue weighted by atomic mass is 10.2. The predicted octanol–water partition coefficient (Wildman–Crippen LogP) is 2.26. The average Bonchev–Trinajstić information content (AvgIpc) is 2.95. The Morgan fingerprint density at radius 1 is 1.45 bits per heavy atom. The van der Waals surface area contributed by atoms with Crippen LogP contribution in [-0.2, 0) is 11.2 Å². The van der Waals surface area contributed by atoms with Crippen molar-refractivity contribution >= 4 is 17.2 Å². The average molecular weight is 292 g/mol. The Labute approximate surface area is 123 Å². The van der Waals surface area contributed by atoms with Crippen LogP contribution < -0.4 is 5.32 Å². The van der Waals surface area contributed by atoms with Gasteiger partial charge in [0.15, 0.2) is 0 Å². The van der Waals surface area contributed by atoms with Gasteiger partial charge in [-0.15, -0.1) is 11.3 Å². The fourth-order valence-corrected chi connectivity index (χ4v) is 2.72. The van der Waals surface area contributed by atoms with E-state index in [-0.39, 0.29) is 11.8 Å². The summed E-state index contributed by atoms with van der Waals surface area (Å²) in [4.78, 5) is 16.0. The first kappa shape index (κ1) is 14.7. The molecule has 0 bridgehead atoms. The molecule has 0 aromatic carbocycles. The number of aryl methyl sites for hydroxylation is 2. The molecule has 0 radical (unpaired) electrons. The highest BCUT2D eigenvalue weighted by Crippen LogP contribution is 2.17. The molecule has 5 nitrogen and oxygen atoms in total. The zero-order valence-corrected chi connectivity index (χ0v) is 13.1. The van der Waals surface area contributed by atoms with E-state index in [0.717, 1.165) is 28.6 Å². The molecule has 0 saturated carbocycles. The number of nitrogens with one attached hydrogen (secondary N) is 1. The molecule has 20 heavy (non-hydrogen) atoms. The smallest absolute Gasteiger partial charge is 0.222 e. The molecule has 1 amide bonds. The Bertz CT molecular complexity index is 600. The first-order valence-electron chi connectivity index (χ1n) is 6.73. The van der Waals surface area contributed by atoms with Crippen molar-refractivity contribution in [3.8, 4) is 5.13 Å². The normalized spacial score (nSPS) is 11.1. The van der Waals surface area contributed by atoms with E-state index in [1.54, 1.807) is 11.3 Å². The number of hydrogen-bond donors (Lipinski definition) is 1. The van der Waals surface area contributed by atoms with Crippen LogP contribution in [-0.4, -0.2) is 27.2 Å². The summed E-state index contributed by atoms with van der Waals surface area (Å²) < 4.78 is 1.86. The van der Waals surface area contributed by atoms with Crippen molar-refractivity contribution in [2.75, 3.05) is 6.54 Å². The minimum Gasteiger partial charge on any atom is -0.355 e. The Morgan fingerprint density at radius 3 is 2.80 bits per heavy atom. The van der Waals surface area contributed by atoms with E-state index in [1.807, 2.05) is 43.8 Å². The van der Waals surface area contributed by atoms with Crippen LogP contribution in [0.3, 0.4) is 0 Å². The van der Waals surface area contributed by atoms with Crippen molar-refractivity contribution in [3.63, 3.8) is 0 Å². The minimum atomic E-state index is 0.0238. The highest BCUT2D eigenvalue weighted by Gasteiger charge is 2.09. The SMILES string of the molecule is Cc1cc(C)n(-c2nc(CCNC(=O)C(C)C)cs2)n1. The molecule has 0 unspecified atom stereocenters. The van der Waals surface area contributed by atoms with Crippen molar-refractivity contribution in [1.82, 2.24) is 20.1 Å². The van der Waals surface area contributed by atoms with Gasteiger partial charge in [-0.2, -0.15) is 5.10 Å². The summed E-state index contributed by atoms with van der Waals surface area (Å²) in [6.07, 6.45) is 0.744. The van der Waals surface area contributed by atoms with Crippen molar-refractivity contribution in [3.05, 3.63) is 28.5 Å². The van der Waals surface area contributed by atoms with Gasteiger partial charge in [-0.25, -0.2) is 9.67 Å². The molecule has 0 fully saturated rings. The first-order valence-corrected chi connectivity index (χ1v) is 7.61. The second-order valence-electron chi connectivity index (χ2n) is 5.16. The fraction of sp³-hybridized carbons (Fsp3) is 0.500. The Balaban J connectivity index is 1.96. The molecule has 1 N–H and O–H groups in total. The molecular formula is C14H20N4OS. The van der Waals surface area contributed by atoms with Gasteiger partial charge in [0.25, 0.3) is 0 Å². The highest BCUT2D eigenvalue weighted by atomic mass is 32.1. The minimum absolute atomic E-state index is 0.0238. The van der Waals surface area contributed by atoms with Gasteiger partial charge in [0.1, 0.15) is 0 Å². The molecule has 2 rings (SSSR count). The van der Waals surface area contributed by atoms with Crippen molar-refractivity contribution in [1.29, 1.82) is 0 Å². The fourth-order valence-electron chi connectivity index (χ4n) is 1.85. The zero-order valence-electron chi connectivity index (χ0n) is 12.3. The summed E-state index contributed by atoms with van der Waals surface area (Å²) in [7, 11) is 0. The number of rotatable bonds is 5. The van der Waals surface area contributed by atoms with Gasteiger partial charge in [-0.1, -0.05) is 13.8 Å². The van der Waals surface area contributed by atoms with E-state index < -0.39 is 0 Å². The number of thiazole rings is 1. The Hall–Kier alpha value is -1.69. The molecule has 0 spiro atoms. The number of hydrogen-bond acceptors (Lipinski definition) is 4. The molecule has 0 aliphatic heterocycles. The number of carbonyl (C=O) groups excluding carboxylic acids is 1. The Kier molecular flexibility index (Phi) is 4.54. The number of carbonyl (C=O) groups is 1. The number of amides is 1. The van der Waals surface area contributed by atoms with Crippen LogP contribution >= 0.6 is 11.3 Å². The molecule has 2 aromatic rings. The van der Waals surface area contributed by atoms with Gasteiger partial charge in [0, 0.05) is 30.0 Å². The maximum absolute atomic E-state index is 11.5. The summed E-state index contributed by atoms with van der Waals surface area (Å²) >= 11 is 1.57. The van der Waals surface area contributed by atoms with Crippen LogP contribution in [0.5, 0.6) is 0 Å². The van der Waals surface area contributed by atoms with Gasteiger partial charge in [0.05, 0.1) is 11.4 Å². The van der Waals surface area contributed by atoms with Crippen molar-refractivity contribution in [2.45, 2.75) is 34.1 Å². The van der Waals surface area contributed by atoms with Gasteiger partial charge >= 0.3 is 0 Å². The lowest BCUT2D eigenvalue weighted by molar-refractivity contribution is -0.123. The second kappa shape index (κ2) is 6.17. The van der Waals surface area contributed by atoms with E-state index in [0.29, 0.717) is 6.54 Å². The molecule has 0 aliphatic carbocycles. The third-order valence-electron chi connectivity index (χ3n) is 2.94. The van der Waals surface area contributed by atoms with E-state index in [2.05, 4.69) is 15.4 Å². The maximum atomic E-state index is 11.5. The van der Waals surface area contributed by atoms with Crippen LogP contribution in [0, 0.1) is 19.8 Å². The zero-order chi connectivity index (χ0) is 14.7. The molecule has 108 valence electrons. The van der Waals surface area contributed by atoms with E-state index in [1.165, 1.54) is 0 Å². The van der Waals surface area contributed by atoms with E-state index in [9.17, 15) is 4.79 Å². The van der Waals surface area contributed by atoms with Gasteiger partial charge in [-0.05, 0) is 19.9 Å². The summed E-state index contributed by atoms with van der Waals surface area (Å²) in [5, 5.41) is 10.2. The Morgan fingerprint density at radius 2 is 2.20 bits per heavy atom. The third-order valence-corrected chi connectivity index (χ3v) is 3.80. The van der Waals surface area contributed by atoms with E-state index in [4.69, 9.17) is 0 Å². The van der Waals surface area contributed by atoms with Crippen molar-refractivity contribution in [2.24, 2.45) is 5.92 Å². The molecule has 6 heteroatoms. The highest BCUT2D eigenvalue weighted by molar-refractivity contribution is 7.12. The lowest BCUT2D eigenvalue weighted by Crippen LogP contribution is -2.29. The predicted molar refractivity (Wildman–Crippen MR) is 80.3 cm³/mol. The summed E-state index contributed by atoms with van der Waals surface area (Å²) in [6.45, 7) is 8.39. The summed E-state index contributed by atoms with van der Waals surface area (Å²) in [6, 6.07) is 2.03. The first-order chi connectivity index (χ1) is 9.47. The van der Waals surface area contributed by atoms with Crippen LogP contribution in [0.4, 0.5) is 0 Å². The maximum Gasteiger partial charge on any atom is 0.222 e. The molecule has 2 heterocycles. The third kappa shape index (κ3) is 3.45. The van der Waals surface area contributed by atoms with Crippen molar-refractivity contribution < 1.29 is 4.79 Å². The molecule has 0 atom stereocenters. The van der Waals surface area contributed by atoms with Crippen LogP contribution in [0.2, 0.25) is 0 Å². The topological polar surface area (TPSA) is 59.8 Å². The quantitative estimate of drug-likeness (QED) is 0.919. The standard InChI is InChI=1S/C14H20N4OS/c1-9(2)13(19)15-6-5-12-8-20-14(16-12)18-11(4)7-10(3)17-18/h7-9H,5-6H2,1-4H3,(H,15,19). The summed E-state index contributed by atoms with van der Waals surface area (Å²) in [5.74, 6) is 0.106. The second-order valence-corrected chi connectivity index (χ2v) is 5.99. The van der Waals surface area contributed by atoms with Gasteiger partial charge in [0.2, 0.25) is 11.0 Å². The monoisotopic (exact) mass is 292 g/mol. The van der Waals surface area contributed by atoms with Crippen LogP contribution in [0.25, 0.3) is 5.13 Å². The lowest BCUT2D eigenvalue weighted by Gasteiger charge is -2.05. The van der Waals surface area contributed by atoms with Gasteiger partial charge in [-0.3, -0.25) is 4.79 Å². The number of aromatic nitrogens is 3. The number of nitrogens with zero attached hydrogens (tertiary/aromatic N) is 3. The van der Waals surface area contributed by atoms with Crippen LogP contribution in [0.15, 0.2) is 11.4 Å².